The fourth-order valence-electron chi connectivity index (χ4n) is 8.00. The zero-order valence-electron chi connectivity index (χ0n) is 41.8. The van der Waals surface area contributed by atoms with Crippen LogP contribution >= 0.6 is 15.6 Å². The van der Waals surface area contributed by atoms with E-state index in [-0.39, 0.29) is 18.7 Å². The molecule has 0 spiro atoms. The summed E-state index contributed by atoms with van der Waals surface area (Å²) < 4.78 is 56.8. The summed E-state index contributed by atoms with van der Waals surface area (Å²) in [6, 6.07) is 1.25. The number of phosphoric ester groups is 2. The second-order valence-electron chi connectivity index (χ2n) is 19.1. The number of carbonyl (C=O) groups excluding carboxylic acids is 2. The van der Waals surface area contributed by atoms with Gasteiger partial charge < -0.3 is 39.9 Å². The van der Waals surface area contributed by atoms with Crippen LogP contribution in [-0.2, 0) is 46.3 Å². The van der Waals surface area contributed by atoms with Gasteiger partial charge in [-0.1, -0.05) is 182 Å². The normalized spacial score (nSPS) is 20.0. The average Bonchev–Trinajstić information content (AvgIpc) is 3.56. The molecule has 1 aromatic rings. The van der Waals surface area contributed by atoms with Crippen LogP contribution in [0.25, 0.3) is 0 Å². The highest BCUT2D eigenvalue weighted by Gasteiger charge is 2.46. The van der Waals surface area contributed by atoms with Crippen molar-refractivity contribution in [3.8, 4) is 0 Å². The average molecular weight is 1010 g/mol. The molecular weight excluding hydrogens is 920 g/mol. The van der Waals surface area contributed by atoms with Crippen LogP contribution < -0.4 is 11.4 Å². The number of carbonyl (C=O) groups is 2. The Labute approximate surface area is 406 Å². The maximum Gasteiger partial charge on any atom is 0.481 e. The lowest BCUT2D eigenvalue weighted by atomic mass is 9.99. The summed E-state index contributed by atoms with van der Waals surface area (Å²) in [4.78, 5) is 61.9. The molecule has 8 atom stereocenters. The zero-order valence-corrected chi connectivity index (χ0v) is 43.6. The molecular formula is C48H89N3O15P2. The van der Waals surface area contributed by atoms with Gasteiger partial charge in [0.15, 0.2) is 12.3 Å². The van der Waals surface area contributed by atoms with Crippen molar-refractivity contribution in [3.05, 3.63) is 22.7 Å². The third-order valence-corrected chi connectivity index (χ3v) is 15.0. The van der Waals surface area contributed by atoms with Gasteiger partial charge in [-0.15, -0.1) is 0 Å². The molecule has 6 N–H and O–H groups in total. The van der Waals surface area contributed by atoms with E-state index in [1.54, 1.807) is 0 Å². The summed E-state index contributed by atoms with van der Waals surface area (Å²) >= 11 is 0. The number of anilines is 1. The van der Waals surface area contributed by atoms with E-state index in [1.807, 2.05) is 0 Å². The second kappa shape index (κ2) is 35.8. The molecule has 0 aromatic carbocycles. The van der Waals surface area contributed by atoms with E-state index in [2.05, 4.69) is 37.0 Å². The highest BCUT2D eigenvalue weighted by atomic mass is 31.3. The highest BCUT2D eigenvalue weighted by molar-refractivity contribution is 7.61. The minimum absolute atomic E-state index is 0.0567. The molecule has 1 aromatic heterocycles. The van der Waals surface area contributed by atoms with Crippen molar-refractivity contribution >= 4 is 33.4 Å². The Balaban J connectivity index is 1.78. The van der Waals surface area contributed by atoms with Crippen molar-refractivity contribution in [3.63, 3.8) is 0 Å². The number of hydrogen-bond acceptors (Lipinski definition) is 15. The number of phosphoric acid groups is 2. The summed E-state index contributed by atoms with van der Waals surface area (Å²) in [7, 11) is -10.8. The number of nitrogens with zero attached hydrogens (tertiary/aromatic N) is 2. The smallest absolute Gasteiger partial charge is 0.462 e. The van der Waals surface area contributed by atoms with Crippen molar-refractivity contribution < 1.29 is 66.3 Å². The molecule has 2 rings (SSSR count). The molecule has 2 heterocycles. The lowest BCUT2D eigenvalue weighted by Gasteiger charge is -2.21. The van der Waals surface area contributed by atoms with Gasteiger partial charge in [0.25, 0.3) is 0 Å². The van der Waals surface area contributed by atoms with Gasteiger partial charge in [-0.3, -0.25) is 23.2 Å². The van der Waals surface area contributed by atoms with Crippen LogP contribution in [0.4, 0.5) is 5.82 Å². The van der Waals surface area contributed by atoms with Crippen LogP contribution in [0.1, 0.15) is 214 Å². The van der Waals surface area contributed by atoms with Crippen LogP contribution in [0, 0.1) is 11.8 Å². The summed E-state index contributed by atoms with van der Waals surface area (Å²) in [6.45, 7) is 6.80. The Morgan fingerprint density at radius 1 is 0.706 bits per heavy atom. The van der Waals surface area contributed by atoms with Crippen molar-refractivity contribution in [2.24, 2.45) is 11.8 Å². The Morgan fingerprint density at radius 3 is 1.68 bits per heavy atom. The van der Waals surface area contributed by atoms with Gasteiger partial charge in [0, 0.05) is 19.0 Å². The summed E-state index contributed by atoms with van der Waals surface area (Å²) in [5, 5.41) is 20.9. The monoisotopic (exact) mass is 1010 g/mol. The molecule has 1 fully saturated rings. The number of nitrogen functional groups attached to an aromatic ring is 1. The first-order chi connectivity index (χ1) is 32.4. The molecule has 0 bridgehead atoms. The van der Waals surface area contributed by atoms with Crippen LogP contribution in [0.2, 0.25) is 0 Å². The molecule has 0 saturated carbocycles. The van der Waals surface area contributed by atoms with Crippen molar-refractivity contribution in [1.82, 2.24) is 9.55 Å². The van der Waals surface area contributed by atoms with Crippen molar-refractivity contribution in [2.75, 3.05) is 25.6 Å². The topological polar surface area (TPSA) is 265 Å². The molecule has 20 heteroatoms. The van der Waals surface area contributed by atoms with Gasteiger partial charge in [-0.05, 0) is 30.7 Å². The van der Waals surface area contributed by atoms with E-state index in [0.717, 1.165) is 67.8 Å². The largest absolute Gasteiger partial charge is 0.481 e. The lowest BCUT2D eigenvalue weighted by Crippen LogP contribution is -2.36. The highest BCUT2D eigenvalue weighted by Crippen LogP contribution is 2.60. The van der Waals surface area contributed by atoms with Crippen LogP contribution in [0.3, 0.4) is 0 Å². The number of aliphatic hydroxyl groups excluding tert-OH is 2. The van der Waals surface area contributed by atoms with E-state index in [4.69, 9.17) is 29.0 Å². The number of unbranched alkanes of at least 4 members (excludes halogenated alkanes) is 21. The molecule has 0 amide bonds. The molecule has 1 aliphatic heterocycles. The van der Waals surface area contributed by atoms with E-state index >= 15 is 0 Å². The van der Waals surface area contributed by atoms with E-state index in [0.29, 0.717) is 12.8 Å². The first-order valence-corrected chi connectivity index (χ1v) is 28.8. The first-order valence-electron chi connectivity index (χ1n) is 25.8. The maximum atomic E-state index is 12.9. The number of rotatable bonds is 42. The van der Waals surface area contributed by atoms with E-state index in [9.17, 15) is 43.5 Å². The molecule has 4 unspecified atom stereocenters. The Kier molecular flexibility index (Phi) is 32.6. The molecule has 396 valence electrons. The van der Waals surface area contributed by atoms with Gasteiger partial charge >= 0.3 is 33.3 Å². The van der Waals surface area contributed by atoms with Gasteiger partial charge in [0.2, 0.25) is 0 Å². The minimum atomic E-state index is -5.42. The maximum absolute atomic E-state index is 12.9. The quantitative estimate of drug-likeness (QED) is 0.0231. The second-order valence-corrected chi connectivity index (χ2v) is 22.2. The van der Waals surface area contributed by atoms with E-state index < -0.39 is 83.7 Å². The summed E-state index contributed by atoms with van der Waals surface area (Å²) in [5.41, 5.74) is 4.59. The van der Waals surface area contributed by atoms with Crippen molar-refractivity contribution in [2.45, 2.75) is 238 Å². The molecule has 68 heavy (non-hydrogen) atoms. The van der Waals surface area contributed by atoms with Crippen LogP contribution in [-0.4, -0.2) is 85.7 Å². The van der Waals surface area contributed by atoms with Gasteiger partial charge in [-0.25, -0.2) is 13.9 Å². The number of aromatic nitrogens is 2. The number of aliphatic hydroxyl groups is 2. The fourth-order valence-corrected chi connectivity index (χ4v) is 10.1. The van der Waals surface area contributed by atoms with Crippen LogP contribution in [0.5, 0.6) is 0 Å². The standard InChI is InChI=1S/C48H89N3O15P2/c1-5-39(4)30-26-22-18-15-16-19-23-27-31-43(52)61-35-40(64-44(53)32-28-24-20-14-12-10-8-6-7-9-11-13-17-21-25-29-38(2)3)36-62-67(57,58)66-68(59,60)63-37-41-45(54)46(55)47(65-41)51-34-33-42(49)50-48(51)56/h33-34,38-41,45-47,54-55H,5-32,35-37H2,1-4H3,(H,57,58)(H,59,60)(H2,49,50,56)/t39?,40-,41-,45+,46?,47-/m1/s1. The third-order valence-electron chi connectivity index (χ3n) is 12.4. The molecule has 1 saturated heterocycles. The molecule has 18 nitrogen and oxygen atoms in total. The van der Waals surface area contributed by atoms with Gasteiger partial charge in [-0.2, -0.15) is 9.29 Å². The molecule has 1 aliphatic rings. The molecule has 0 aliphatic carbocycles. The van der Waals surface area contributed by atoms with Gasteiger partial charge in [0.05, 0.1) is 13.2 Å². The number of esters is 2. The Morgan fingerprint density at radius 2 is 1.18 bits per heavy atom. The fraction of sp³-hybridized carbons (Fsp3) is 0.875. The predicted molar refractivity (Wildman–Crippen MR) is 261 cm³/mol. The Bertz CT molecular complexity index is 1670. The number of nitrogens with two attached hydrogens (primary N) is 1. The van der Waals surface area contributed by atoms with Crippen LogP contribution in [0.15, 0.2) is 17.1 Å². The van der Waals surface area contributed by atoms with Gasteiger partial charge in [0.1, 0.15) is 30.7 Å². The first kappa shape index (κ1) is 61.9. The lowest BCUT2D eigenvalue weighted by molar-refractivity contribution is -0.161. The molecule has 0 radical (unpaired) electrons. The summed E-state index contributed by atoms with van der Waals surface area (Å²) in [6.07, 6.45) is 23.4. The SMILES string of the molecule is CCC(C)CCCCCCCCCCC(=O)OC[C@H](COP(=O)(O)OP(=O)(O)OC[C@H]1O[C@@H](n2ccc(N)nc2=O)C(O)[C@H]1O)OC(=O)CCCCCCCCCCCCCCCCCC(C)C. The third kappa shape index (κ3) is 29.2. The zero-order chi connectivity index (χ0) is 50.2. The summed E-state index contributed by atoms with van der Waals surface area (Å²) in [5.74, 6) is 0.295. The number of hydrogen-bond donors (Lipinski definition) is 5. The minimum Gasteiger partial charge on any atom is -0.462 e. The van der Waals surface area contributed by atoms with E-state index in [1.165, 1.54) is 115 Å². The predicted octanol–water partition coefficient (Wildman–Crippen LogP) is 10.4. The number of ether oxygens (including phenoxy) is 3. The van der Waals surface area contributed by atoms with Crippen molar-refractivity contribution in [1.29, 1.82) is 0 Å². The Hall–Kier alpha value is -2.24.